The van der Waals surface area contributed by atoms with Crippen LogP contribution in [0.1, 0.15) is 47.6 Å². The van der Waals surface area contributed by atoms with Gasteiger partial charge in [0.25, 0.3) is 0 Å². The van der Waals surface area contributed by atoms with Crippen molar-refractivity contribution in [1.82, 2.24) is 0 Å². The summed E-state index contributed by atoms with van der Waals surface area (Å²) in [6, 6.07) is 47.7. The number of aliphatic hydroxyl groups is 2. The molecular weight excluding hydrogens is 833 g/mol. The van der Waals surface area contributed by atoms with Gasteiger partial charge in [0.2, 0.25) is 0 Å². The van der Waals surface area contributed by atoms with Crippen molar-refractivity contribution in [2.45, 2.75) is 114 Å². The SMILES string of the molecule is CC(=O)CCC(=O)OC[C@H]1O[C@@H](O[C@H]2[C@H](OCc3ccccc3)[C@@H](OCc3ccccc3)[C@H](O)O[C@@H]2COCc2ccccc2)[C@H](OCc2ccccc2)[C@@H](O)[C@H]1OCc1ccccc1. The molecular formula is C52H58O13. The van der Waals surface area contributed by atoms with Gasteiger partial charge in [0, 0.05) is 6.42 Å². The minimum atomic E-state index is -1.47. The maximum absolute atomic E-state index is 12.9. The fourth-order valence-electron chi connectivity index (χ4n) is 7.70. The maximum atomic E-state index is 12.9. The molecule has 13 nitrogen and oxygen atoms in total. The summed E-state index contributed by atoms with van der Waals surface area (Å²) in [5.41, 5.74) is 4.33. The van der Waals surface area contributed by atoms with Crippen molar-refractivity contribution >= 4 is 11.8 Å². The molecule has 10 atom stereocenters. The number of benzene rings is 5. The van der Waals surface area contributed by atoms with Crippen LogP contribution in [-0.2, 0) is 85.3 Å². The Bertz CT molecular complexity index is 2130. The zero-order chi connectivity index (χ0) is 45.2. The lowest BCUT2D eigenvalue weighted by Crippen LogP contribution is -2.66. The standard InChI is InChI=1S/C52H58O13/c1-36(53)27-28-44(54)58-35-43-46(59-30-38-19-9-3-10-20-38)45(55)48(60-31-39-21-11-4-12-22-39)52(64-43)65-47-42(34-57-29-37-17-7-2-8-18-37)63-51(56)50(62-33-41-25-15-6-16-26-41)49(47)61-32-40-23-13-5-14-24-40/h2-26,42-43,45-52,55-56H,27-35H2,1H3/t42-,43-,45+,46+,47-,48-,49+,50-,51-,52+/m1/s1. The van der Waals surface area contributed by atoms with E-state index in [1.165, 1.54) is 6.92 Å². The molecule has 0 unspecified atom stereocenters. The van der Waals surface area contributed by atoms with Gasteiger partial charge in [-0.15, -0.1) is 0 Å². The van der Waals surface area contributed by atoms with E-state index in [-0.39, 0.29) is 64.9 Å². The van der Waals surface area contributed by atoms with Gasteiger partial charge in [-0.3, -0.25) is 4.79 Å². The monoisotopic (exact) mass is 890 g/mol. The smallest absolute Gasteiger partial charge is 0.306 e. The quantitative estimate of drug-likeness (QED) is 0.0673. The van der Waals surface area contributed by atoms with Crippen molar-refractivity contribution in [3.05, 3.63) is 179 Å². The first kappa shape index (κ1) is 47.8. The van der Waals surface area contributed by atoms with Crippen molar-refractivity contribution < 1.29 is 62.4 Å². The molecule has 13 heteroatoms. The summed E-state index contributed by atoms with van der Waals surface area (Å²) in [4.78, 5) is 24.6. The molecule has 2 fully saturated rings. The Hall–Kier alpha value is -5.16. The molecule has 0 aliphatic carbocycles. The number of ether oxygens (including phenoxy) is 9. The van der Waals surface area contributed by atoms with E-state index < -0.39 is 67.4 Å². The van der Waals surface area contributed by atoms with Gasteiger partial charge in [-0.1, -0.05) is 152 Å². The van der Waals surface area contributed by atoms with E-state index in [4.69, 9.17) is 42.6 Å². The Morgan fingerprint density at radius 3 is 1.37 bits per heavy atom. The molecule has 2 heterocycles. The molecule has 2 N–H and O–H groups in total. The molecule has 0 saturated carbocycles. The lowest BCUT2D eigenvalue weighted by molar-refractivity contribution is -0.371. The van der Waals surface area contributed by atoms with Crippen LogP contribution >= 0.6 is 0 Å². The van der Waals surface area contributed by atoms with Gasteiger partial charge in [-0.25, -0.2) is 0 Å². The van der Waals surface area contributed by atoms with Crippen LogP contribution in [0.2, 0.25) is 0 Å². The number of ketones is 1. The van der Waals surface area contributed by atoms with E-state index in [2.05, 4.69) is 0 Å². The summed E-state index contributed by atoms with van der Waals surface area (Å²) >= 11 is 0. The van der Waals surface area contributed by atoms with Crippen LogP contribution < -0.4 is 0 Å². The summed E-state index contributed by atoms with van der Waals surface area (Å²) < 4.78 is 58.1. The number of hydrogen-bond acceptors (Lipinski definition) is 13. The lowest BCUT2D eigenvalue weighted by Gasteiger charge is -2.49. The summed E-state index contributed by atoms with van der Waals surface area (Å²) in [5.74, 6) is -0.766. The number of aliphatic hydroxyl groups excluding tert-OH is 2. The number of Topliss-reactive ketones (excluding diaryl/α,β-unsaturated/α-hetero) is 1. The summed E-state index contributed by atoms with van der Waals surface area (Å²) in [7, 11) is 0. The van der Waals surface area contributed by atoms with E-state index in [0.29, 0.717) is 0 Å². The third kappa shape index (κ3) is 14.4. The highest BCUT2D eigenvalue weighted by Crippen LogP contribution is 2.35. The maximum Gasteiger partial charge on any atom is 0.306 e. The van der Waals surface area contributed by atoms with Crippen molar-refractivity contribution in [1.29, 1.82) is 0 Å². The molecule has 7 rings (SSSR count). The Morgan fingerprint density at radius 1 is 0.477 bits per heavy atom. The van der Waals surface area contributed by atoms with Crippen LogP contribution in [0.4, 0.5) is 0 Å². The first-order valence-electron chi connectivity index (χ1n) is 22.0. The van der Waals surface area contributed by atoms with Gasteiger partial charge >= 0.3 is 5.97 Å². The number of carbonyl (C=O) groups excluding carboxylic acids is 2. The summed E-state index contributed by atoms with van der Waals surface area (Å²) in [6.07, 6.45) is -11.8. The van der Waals surface area contributed by atoms with Crippen molar-refractivity contribution in [3.8, 4) is 0 Å². The van der Waals surface area contributed by atoms with E-state index >= 15 is 0 Å². The predicted octanol–water partition coefficient (Wildman–Crippen LogP) is 6.65. The fourth-order valence-corrected chi connectivity index (χ4v) is 7.70. The zero-order valence-corrected chi connectivity index (χ0v) is 36.5. The summed E-state index contributed by atoms with van der Waals surface area (Å²) in [5, 5.41) is 24.1. The Balaban J connectivity index is 1.22. The number of hydrogen-bond donors (Lipinski definition) is 2. The molecule has 344 valence electrons. The Labute approximate surface area is 380 Å². The first-order valence-corrected chi connectivity index (χ1v) is 22.0. The van der Waals surface area contributed by atoms with Gasteiger partial charge in [0.1, 0.15) is 61.2 Å². The summed E-state index contributed by atoms with van der Waals surface area (Å²) in [6.45, 7) is 1.68. The van der Waals surface area contributed by atoms with Crippen LogP contribution in [0, 0.1) is 0 Å². The van der Waals surface area contributed by atoms with Crippen molar-refractivity contribution in [2.75, 3.05) is 13.2 Å². The average Bonchev–Trinajstić information content (AvgIpc) is 3.33. The Kier molecular flexibility index (Phi) is 18.3. The van der Waals surface area contributed by atoms with Crippen LogP contribution in [0.25, 0.3) is 0 Å². The number of rotatable bonds is 23. The molecule has 5 aromatic rings. The second-order valence-electron chi connectivity index (χ2n) is 16.1. The van der Waals surface area contributed by atoms with Gasteiger partial charge in [-0.2, -0.15) is 0 Å². The minimum Gasteiger partial charge on any atom is -0.463 e. The molecule has 0 spiro atoms. The van der Waals surface area contributed by atoms with Gasteiger partial charge in [0.05, 0.1) is 46.1 Å². The number of carbonyl (C=O) groups is 2. The van der Waals surface area contributed by atoms with E-state index in [0.717, 1.165) is 27.8 Å². The number of esters is 1. The average molecular weight is 891 g/mol. The van der Waals surface area contributed by atoms with Gasteiger partial charge in [0.15, 0.2) is 12.6 Å². The minimum absolute atomic E-state index is 0.0151. The zero-order valence-electron chi connectivity index (χ0n) is 36.5. The largest absolute Gasteiger partial charge is 0.463 e. The topological polar surface area (TPSA) is 158 Å². The van der Waals surface area contributed by atoms with Crippen LogP contribution in [0.3, 0.4) is 0 Å². The van der Waals surface area contributed by atoms with Gasteiger partial charge in [-0.05, 0) is 34.7 Å². The molecule has 65 heavy (non-hydrogen) atoms. The van der Waals surface area contributed by atoms with Crippen LogP contribution in [0.5, 0.6) is 0 Å². The molecule has 2 aliphatic heterocycles. The van der Waals surface area contributed by atoms with E-state index in [1.807, 2.05) is 152 Å². The normalized spacial score (nSPS) is 25.5. The molecule has 5 aromatic carbocycles. The second kappa shape index (κ2) is 24.9. The highest BCUT2D eigenvalue weighted by atomic mass is 16.7. The van der Waals surface area contributed by atoms with Crippen molar-refractivity contribution in [3.63, 3.8) is 0 Å². The molecule has 2 aliphatic rings. The van der Waals surface area contributed by atoms with Crippen LogP contribution in [0.15, 0.2) is 152 Å². The molecule has 2 saturated heterocycles. The van der Waals surface area contributed by atoms with E-state index in [9.17, 15) is 19.8 Å². The molecule has 0 bridgehead atoms. The lowest BCUT2D eigenvalue weighted by atomic mass is 9.96. The Morgan fingerprint density at radius 2 is 0.892 bits per heavy atom. The third-order valence-electron chi connectivity index (χ3n) is 11.1. The highest BCUT2D eigenvalue weighted by molar-refractivity contribution is 5.80. The highest BCUT2D eigenvalue weighted by Gasteiger charge is 2.53. The fraction of sp³-hybridized carbons (Fsp3) is 0.385. The molecule has 0 aromatic heterocycles. The van der Waals surface area contributed by atoms with E-state index in [1.54, 1.807) is 0 Å². The third-order valence-corrected chi connectivity index (χ3v) is 11.1. The predicted molar refractivity (Wildman–Crippen MR) is 237 cm³/mol. The van der Waals surface area contributed by atoms with Gasteiger partial charge < -0.3 is 57.6 Å². The van der Waals surface area contributed by atoms with Crippen LogP contribution in [-0.4, -0.2) is 96.6 Å². The first-order chi connectivity index (χ1) is 31.8. The second-order valence-corrected chi connectivity index (χ2v) is 16.1. The molecule has 0 radical (unpaired) electrons. The van der Waals surface area contributed by atoms with Crippen molar-refractivity contribution in [2.24, 2.45) is 0 Å². The molecule has 0 amide bonds.